The SMILES string of the molecule is NCc1ccc(N2CCS(=O)CC2)nc1. The molecule has 2 rings (SSSR count). The lowest BCUT2D eigenvalue weighted by atomic mass is 10.3. The molecule has 0 saturated carbocycles. The van der Waals surface area contributed by atoms with E-state index in [1.54, 1.807) is 6.20 Å². The molecule has 0 spiro atoms. The van der Waals surface area contributed by atoms with Gasteiger partial charge in [0.1, 0.15) is 5.82 Å². The lowest BCUT2D eigenvalue weighted by molar-refractivity contribution is 0.672. The maximum Gasteiger partial charge on any atom is 0.128 e. The molecule has 1 aliphatic rings. The van der Waals surface area contributed by atoms with Crippen LogP contribution in [-0.4, -0.2) is 33.8 Å². The summed E-state index contributed by atoms with van der Waals surface area (Å²) in [5.74, 6) is 2.46. The van der Waals surface area contributed by atoms with Gasteiger partial charge in [-0.05, 0) is 11.6 Å². The Kier molecular flexibility index (Phi) is 3.33. The molecule has 1 fully saturated rings. The van der Waals surface area contributed by atoms with Gasteiger partial charge in [-0.25, -0.2) is 4.98 Å². The van der Waals surface area contributed by atoms with Gasteiger partial charge in [-0.15, -0.1) is 0 Å². The van der Waals surface area contributed by atoms with Crippen LogP contribution < -0.4 is 10.6 Å². The minimum Gasteiger partial charge on any atom is -0.355 e. The van der Waals surface area contributed by atoms with Gasteiger partial charge in [0.15, 0.2) is 0 Å². The molecule has 0 aliphatic carbocycles. The van der Waals surface area contributed by atoms with E-state index in [4.69, 9.17) is 5.73 Å². The Morgan fingerprint density at radius 2 is 2.13 bits per heavy atom. The van der Waals surface area contributed by atoms with Crippen molar-refractivity contribution >= 4 is 16.6 Å². The fourth-order valence-electron chi connectivity index (χ4n) is 1.59. The highest BCUT2D eigenvalue weighted by Crippen LogP contribution is 2.13. The van der Waals surface area contributed by atoms with Crippen molar-refractivity contribution in [2.24, 2.45) is 5.73 Å². The first-order valence-corrected chi connectivity index (χ1v) is 6.53. The van der Waals surface area contributed by atoms with E-state index in [2.05, 4.69) is 9.88 Å². The molecule has 0 radical (unpaired) electrons. The molecule has 0 atom stereocenters. The molecule has 0 unspecified atom stereocenters. The molecule has 4 nitrogen and oxygen atoms in total. The molecule has 15 heavy (non-hydrogen) atoms. The zero-order valence-corrected chi connectivity index (χ0v) is 9.37. The van der Waals surface area contributed by atoms with Crippen LogP contribution in [0.3, 0.4) is 0 Å². The quantitative estimate of drug-likeness (QED) is 0.776. The van der Waals surface area contributed by atoms with Crippen LogP contribution in [0.15, 0.2) is 18.3 Å². The van der Waals surface area contributed by atoms with E-state index in [0.717, 1.165) is 36.0 Å². The first-order valence-electron chi connectivity index (χ1n) is 5.04. The van der Waals surface area contributed by atoms with Crippen molar-refractivity contribution < 1.29 is 4.21 Å². The second kappa shape index (κ2) is 4.72. The largest absolute Gasteiger partial charge is 0.355 e. The number of rotatable bonds is 2. The van der Waals surface area contributed by atoms with Crippen molar-refractivity contribution in [3.8, 4) is 0 Å². The molecule has 0 aromatic carbocycles. The first-order chi connectivity index (χ1) is 7.29. The molecular formula is C10H15N3OS. The van der Waals surface area contributed by atoms with Crippen LogP contribution >= 0.6 is 0 Å². The van der Waals surface area contributed by atoms with Crippen molar-refractivity contribution in [1.29, 1.82) is 0 Å². The number of pyridine rings is 1. The number of nitrogens with two attached hydrogens (primary N) is 1. The molecular weight excluding hydrogens is 210 g/mol. The number of aromatic nitrogens is 1. The van der Waals surface area contributed by atoms with E-state index in [1.165, 1.54) is 0 Å². The summed E-state index contributed by atoms with van der Waals surface area (Å²) < 4.78 is 11.2. The molecule has 1 aliphatic heterocycles. The molecule has 2 heterocycles. The van der Waals surface area contributed by atoms with Crippen LogP contribution in [0.5, 0.6) is 0 Å². The smallest absolute Gasteiger partial charge is 0.128 e. The standard InChI is InChI=1S/C10H15N3OS/c11-7-9-1-2-10(12-8-9)13-3-5-15(14)6-4-13/h1-2,8H,3-7,11H2. The summed E-state index contributed by atoms with van der Waals surface area (Å²) in [6.07, 6.45) is 1.81. The van der Waals surface area contributed by atoms with Crippen molar-refractivity contribution in [2.75, 3.05) is 29.5 Å². The lowest BCUT2D eigenvalue weighted by Crippen LogP contribution is -2.38. The molecule has 1 aromatic rings. The zero-order valence-electron chi connectivity index (χ0n) is 8.56. The number of nitrogens with zero attached hydrogens (tertiary/aromatic N) is 2. The third-order valence-electron chi connectivity index (χ3n) is 2.55. The predicted octanol–water partition coefficient (Wildman–Crippen LogP) is 0.109. The van der Waals surface area contributed by atoms with Crippen LogP contribution in [0.2, 0.25) is 0 Å². The maximum atomic E-state index is 11.2. The first kappa shape index (κ1) is 10.6. The van der Waals surface area contributed by atoms with E-state index in [-0.39, 0.29) is 0 Å². The highest BCUT2D eigenvalue weighted by molar-refractivity contribution is 7.85. The highest BCUT2D eigenvalue weighted by Gasteiger charge is 2.15. The Morgan fingerprint density at radius 1 is 1.40 bits per heavy atom. The third-order valence-corrected chi connectivity index (χ3v) is 3.82. The van der Waals surface area contributed by atoms with Gasteiger partial charge in [0, 0.05) is 48.1 Å². The second-order valence-electron chi connectivity index (χ2n) is 3.56. The Hall–Kier alpha value is -0.940. The van der Waals surface area contributed by atoms with Gasteiger partial charge in [-0.2, -0.15) is 0 Å². The molecule has 2 N–H and O–H groups in total. The second-order valence-corrected chi connectivity index (χ2v) is 5.26. The summed E-state index contributed by atoms with van der Waals surface area (Å²) in [6.45, 7) is 2.19. The minimum absolute atomic E-state index is 0.525. The van der Waals surface area contributed by atoms with Crippen molar-refractivity contribution in [3.05, 3.63) is 23.9 Å². The molecule has 5 heteroatoms. The summed E-state index contributed by atoms with van der Waals surface area (Å²) in [7, 11) is -0.630. The van der Waals surface area contributed by atoms with E-state index < -0.39 is 10.8 Å². The molecule has 82 valence electrons. The van der Waals surface area contributed by atoms with E-state index >= 15 is 0 Å². The highest BCUT2D eigenvalue weighted by atomic mass is 32.2. The van der Waals surface area contributed by atoms with E-state index in [9.17, 15) is 4.21 Å². The van der Waals surface area contributed by atoms with Gasteiger partial charge in [0.25, 0.3) is 0 Å². The Morgan fingerprint density at radius 3 is 2.67 bits per heavy atom. The molecule has 0 bridgehead atoms. The van der Waals surface area contributed by atoms with Crippen LogP contribution in [0.1, 0.15) is 5.56 Å². The van der Waals surface area contributed by atoms with Crippen molar-refractivity contribution in [3.63, 3.8) is 0 Å². The van der Waals surface area contributed by atoms with Crippen molar-refractivity contribution in [2.45, 2.75) is 6.54 Å². The molecule has 0 amide bonds. The Bertz CT molecular complexity index is 342. The summed E-state index contributed by atoms with van der Waals surface area (Å²) in [4.78, 5) is 6.51. The summed E-state index contributed by atoms with van der Waals surface area (Å²) >= 11 is 0. The van der Waals surface area contributed by atoms with Gasteiger partial charge in [0.05, 0.1) is 0 Å². The van der Waals surface area contributed by atoms with Gasteiger partial charge in [-0.3, -0.25) is 4.21 Å². The molecule has 1 aromatic heterocycles. The molecule has 1 saturated heterocycles. The summed E-state index contributed by atoms with van der Waals surface area (Å²) in [6, 6.07) is 3.98. The van der Waals surface area contributed by atoms with Gasteiger partial charge in [-0.1, -0.05) is 6.07 Å². The minimum atomic E-state index is -0.630. The normalized spacial score (nSPS) is 18.1. The summed E-state index contributed by atoms with van der Waals surface area (Å²) in [5.41, 5.74) is 6.54. The monoisotopic (exact) mass is 225 g/mol. The van der Waals surface area contributed by atoms with Crippen molar-refractivity contribution in [1.82, 2.24) is 4.98 Å². The number of anilines is 1. The van der Waals surface area contributed by atoms with Crippen LogP contribution in [0.25, 0.3) is 0 Å². The van der Waals surface area contributed by atoms with Gasteiger partial charge >= 0.3 is 0 Å². The fourth-order valence-corrected chi connectivity index (χ4v) is 2.64. The van der Waals surface area contributed by atoms with Gasteiger partial charge < -0.3 is 10.6 Å². The number of hydrogen-bond donors (Lipinski definition) is 1. The Labute approximate surface area is 91.9 Å². The summed E-state index contributed by atoms with van der Waals surface area (Å²) in [5, 5.41) is 0. The topological polar surface area (TPSA) is 59.2 Å². The zero-order chi connectivity index (χ0) is 10.7. The number of hydrogen-bond acceptors (Lipinski definition) is 4. The predicted molar refractivity (Wildman–Crippen MR) is 62.2 cm³/mol. The van der Waals surface area contributed by atoms with E-state index in [0.29, 0.717) is 6.54 Å². The third kappa shape index (κ3) is 2.54. The fraction of sp³-hybridized carbons (Fsp3) is 0.500. The van der Waals surface area contributed by atoms with Crippen LogP contribution in [0, 0.1) is 0 Å². The van der Waals surface area contributed by atoms with Crippen LogP contribution in [-0.2, 0) is 17.3 Å². The Balaban J connectivity index is 2.06. The van der Waals surface area contributed by atoms with Gasteiger partial charge in [0.2, 0.25) is 0 Å². The van der Waals surface area contributed by atoms with E-state index in [1.807, 2.05) is 12.1 Å². The maximum absolute atomic E-state index is 11.2. The van der Waals surface area contributed by atoms with Crippen LogP contribution in [0.4, 0.5) is 5.82 Å². The average molecular weight is 225 g/mol. The lowest BCUT2D eigenvalue weighted by Gasteiger charge is -2.27. The average Bonchev–Trinajstić information content (AvgIpc) is 2.30.